The van der Waals surface area contributed by atoms with Crippen LogP contribution < -0.4 is 0 Å². The lowest BCUT2D eigenvalue weighted by Crippen LogP contribution is -2.38. The van der Waals surface area contributed by atoms with Crippen LogP contribution in [0.4, 0.5) is 0 Å². The molecule has 0 aromatic rings. The molecule has 0 aromatic heterocycles. The molecule has 1 aliphatic rings. The van der Waals surface area contributed by atoms with E-state index in [1.165, 1.54) is 32.1 Å². The molecular formula is C15H27NO. The predicted octanol–water partition coefficient (Wildman–Crippen LogP) is 4.49. The first-order valence-corrected chi connectivity index (χ1v) is 7.08. The number of isocyanates is 1. The molecule has 2 unspecified atom stereocenters. The van der Waals surface area contributed by atoms with E-state index >= 15 is 0 Å². The lowest BCUT2D eigenvalue weighted by atomic mass is 9.59. The van der Waals surface area contributed by atoms with Crippen LogP contribution in [0.2, 0.25) is 0 Å². The Morgan fingerprint density at radius 3 is 2.53 bits per heavy atom. The molecule has 0 saturated heterocycles. The van der Waals surface area contributed by atoms with Gasteiger partial charge in [-0.1, -0.05) is 53.4 Å². The van der Waals surface area contributed by atoms with Gasteiger partial charge in [-0.05, 0) is 30.1 Å². The fourth-order valence-corrected chi connectivity index (χ4v) is 3.46. The highest BCUT2D eigenvalue weighted by molar-refractivity contribution is 5.33. The molecule has 1 saturated carbocycles. The van der Waals surface area contributed by atoms with Crippen molar-refractivity contribution in [3.8, 4) is 0 Å². The van der Waals surface area contributed by atoms with Gasteiger partial charge < -0.3 is 0 Å². The van der Waals surface area contributed by atoms with Gasteiger partial charge in [-0.25, -0.2) is 9.79 Å². The van der Waals surface area contributed by atoms with Crippen LogP contribution in [0.5, 0.6) is 0 Å². The average Bonchev–Trinajstić information content (AvgIpc) is 2.51. The monoisotopic (exact) mass is 237 g/mol. The van der Waals surface area contributed by atoms with Gasteiger partial charge in [0.05, 0.1) is 6.04 Å². The highest BCUT2D eigenvalue weighted by Crippen LogP contribution is 2.52. The fourth-order valence-electron chi connectivity index (χ4n) is 3.46. The normalized spacial score (nSPS) is 30.5. The van der Waals surface area contributed by atoms with E-state index in [1.54, 1.807) is 6.08 Å². The van der Waals surface area contributed by atoms with Crippen LogP contribution >= 0.6 is 0 Å². The third-order valence-electron chi connectivity index (χ3n) is 5.46. The van der Waals surface area contributed by atoms with Gasteiger partial charge in [-0.2, -0.15) is 0 Å². The summed E-state index contributed by atoms with van der Waals surface area (Å²) >= 11 is 0. The molecule has 2 atom stereocenters. The number of carbonyl (C=O) groups excluding carboxylic acids is 1. The molecule has 2 heteroatoms. The van der Waals surface area contributed by atoms with E-state index in [4.69, 9.17) is 0 Å². The van der Waals surface area contributed by atoms with E-state index in [9.17, 15) is 4.79 Å². The first-order chi connectivity index (χ1) is 8.01. The highest BCUT2D eigenvalue weighted by Gasteiger charge is 2.43. The lowest BCUT2D eigenvalue weighted by molar-refractivity contribution is 0.0386. The minimum absolute atomic E-state index is 0.206. The maximum absolute atomic E-state index is 10.5. The molecule has 0 spiro atoms. The van der Waals surface area contributed by atoms with E-state index in [2.05, 4.69) is 32.7 Å². The van der Waals surface area contributed by atoms with Gasteiger partial charge in [-0.3, -0.25) is 0 Å². The quantitative estimate of drug-likeness (QED) is 0.402. The molecule has 0 aliphatic heterocycles. The van der Waals surface area contributed by atoms with Crippen LogP contribution in [0.3, 0.4) is 0 Å². The van der Waals surface area contributed by atoms with Crippen molar-refractivity contribution in [2.24, 2.45) is 15.8 Å². The molecule has 1 rings (SSSR count). The smallest absolute Gasteiger partial charge is 0.211 e. The van der Waals surface area contributed by atoms with Crippen LogP contribution in [0.25, 0.3) is 0 Å². The molecule has 1 fully saturated rings. The summed E-state index contributed by atoms with van der Waals surface area (Å²) in [6.07, 6.45) is 10.0. The van der Waals surface area contributed by atoms with Crippen molar-refractivity contribution in [3.05, 3.63) is 0 Å². The van der Waals surface area contributed by atoms with Crippen molar-refractivity contribution in [2.45, 2.75) is 78.7 Å². The van der Waals surface area contributed by atoms with Crippen molar-refractivity contribution in [1.29, 1.82) is 0 Å². The second-order valence-corrected chi connectivity index (χ2v) is 6.15. The van der Waals surface area contributed by atoms with Crippen LogP contribution in [0, 0.1) is 10.8 Å². The van der Waals surface area contributed by atoms with E-state index < -0.39 is 0 Å². The Kier molecular flexibility index (Phi) is 4.94. The Labute approximate surface area is 106 Å². The zero-order chi connectivity index (χ0) is 12.9. The SMILES string of the molecule is CCC(C)(CC)C1(C)CCCCC(N=C=O)C1. The maximum atomic E-state index is 10.5. The Bertz CT molecular complexity index is 289. The van der Waals surface area contributed by atoms with Crippen molar-refractivity contribution in [3.63, 3.8) is 0 Å². The number of rotatable bonds is 4. The summed E-state index contributed by atoms with van der Waals surface area (Å²) in [6, 6.07) is 0.206. The van der Waals surface area contributed by atoms with Crippen LogP contribution in [-0.2, 0) is 4.79 Å². The lowest BCUT2D eigenvalue weighted by Gasteiger charge is -2.46. The van der Waals surface area contributed by atoms with Gasteiger partial charge in [-0.15, -0.1) is 0 Å². The summed E-state index contributed by atoms with van der Waals surface area (Å²) in [6.45, 7) is 9.38. The number of hydrogen-bond donors (Lipinski definition) is 0. The Morgan fingerprint density at radius 1 is 1.35 bits per heavy atom. The van der Waals surface area contributed by atoms with Crippen molar-refractivity contribution < 1.29 is 4.79 Å². The van der Waals surface area contributed by atoms with Crippen molar-refractivity contribution in [1.82, 2.24) is 0 Å². The van der Waals surface area contributed by atoms with E-state index in [1.807, 2.05) is 0 Å². The topological polar surface area (TPSA) is 29.4 Å². The minimum Gasteiger partial charge on any atom is -0.211 e. The first kappa shape index (κ1) is 14.4. The first-order valence-electron chi connectivity index (χ1n) is 7.08. The van der Waals surface area contributed by atoms with Crippen LogP contribution in [0.15, 0.2) is 4.99 Å². The zero-order valence-electron chi connectivity index (χ0n) is 11.9. The maximum Gasteiger partial charge on any atom is 0.235 e. The molecule has 0 bridgehead atoms. The Balaban J connectivity index is 2.94. The summed E-state index contributed by atoms with van der Waals surface area (Å²) < 4.78 is 0. The standard InChI is InChI=1S/C15H27NO/c1-5-14(3,6-2)15(4)10-8-7-9-13(11-15)16-12-17/h13H,5-11H2,1-4H3. The molecule has 0 amide bonds. The molecule has 0 aromatic carbocycles. The molecule has 98 valence electrons. The number of aliphatic imine (C=N–C) groups is 1. The molecule has 1 aliphatic carbocycles. The summed E-state index contributed by atoms with van der Waals surface area (Å²) in [5, 5.41) is 0. The van der Waals surface area contributed by atoms with E-state index in [0.717, 1.165) is 12.8 Å². The third-order valence-corrected chi connectivity index (χ3v) is 5.46. The molecule has 0 N–H and O–H groups in total. The summed E-state index contributed by atoms with van der Waals surface area (Å²) in [5.74, 6) is 0. The fraction of sp³-hybridized carbons (Fsp3) is 0.933. The van der Waals surface area contributed by atoms with Crippen LogP contribution in [-0.4, -0.2) is 12.1 Å². The second-order valence-electron chi connectivity index (χ2n) is 6.15. The van der Waals surface area contributed by atoms with E-state index in [-0.39, 0.29) is 6.04 Å². The predicted molar refractivity (Wildman–Crippen MR) is 71.8 cm³/mol. The average molecular weight is 237 g/mol. The summed E-state index contributed by atoms with van der Waals surface area (Å²) in [7, 11) is 0. The summed E-state index contributed by atoms with van der Waals surface area (Å²) in [4.78, 5) is 14.5. The van der Waals surface area contributed by atoms with Gasteiger partial charge in [0.25, 0.3) is 0 Å². The Hall–Kier alpha value is -0.620. The second kappa shape index (κ2) is 5.82. The van der Waals surface area contributed by atoms with Gasteiger partial charge in [0.1, 0.15) is 0 Å². The van der Waals surface area contributed by atoms with Gasteiger partial charge in [0.15, 0.2) is 0 Å². The number of hydrogen-bond acceptors (Lipinski definition) is 2. The van der Waals surface area contributed by atoms with Gasteiger partial charge >= 0.3 is 0 Å². The minimum atomic E-state index is 0.206. The molecule has 0 heterocycles. The van der Waals surface area contributed by atoms with Gasteiger partial charge in [0.2, 0.25) is 6.08 Å². The summed E-state index contributed by atoms with van der Waals surface area (Å²) in [5.41, 5.74) is 0.687. The van der Waals surface area contributed by atoms with Crippen molar-refractivity contribution in [2.75, 3.05) is 0 Å². The molecular weight excluding hydrogens is 210 g/mol. The largest absolute Gasteiger partial charge is 0.235 e. The molecule has 2 nitrogen and oxygen atoms in total. The third kappa shape index (κ3) is 2.98. The van der Waals surface area contributed by atoms with Gasteiger partial charge in [0, 0.05) is 0 Å². The highest BCUT2D eigenvalue weighted by atomic mass is 16.1. The van der Waals surface area contributed by atoms with E-state index in [0.29, 0.717) is 10.8 Å². The number of nitrogens with zero attached hydrogens (tertiary/aromatic N) is 1. The Morgan fingerprint density at radius 2 is 2.00 bits per heavy atom. The van der Waals surface area contributed by atoms with Crippen LogP contribution in [0.1, 0.15) is 72.6 Å². The van der Waals surface area contributed by atoms with Crippen molar-refractivity contribution >= 4 is 6.08 Å². The molecule has 0 radical (unpaired) electrons. The molecule has 17 heavy (non-hydrogen) atoms. The zero-order valence-corrected chi connectivity index (χ0v) is 11.9.